The van der Waals surface area contributed by atoms with Crippen molar-refractivity contribution >= 4 is 35.1 Å². The Labute approximate surface area is 158 Å². The fraction of sp³-hybridized carbons (Fsp3) is 0.174. The Bertz CT molecular complexity index is 940. The molecular formula is C23H21NOS. The fourth-order valence-electron chi connectivity index (χ4n) is 3.36. The van der Waals surface area contributed by atoms with Crippen molar-refractivity contribution in [3.05, 3.63) is 87.1 Å². The maximum Gasteiger partial charge on any atom is 0.256 e. The Morgan fingerprint density at radius 2 is 1.69 bits per heavy atom. The van der Waals surface area contributed by atoms with Crippen LogP contribution in [0.4, 0.5) is 5.69 Å². The third-order valence-corrected chi connectivity index (χ3v) is 5.81. The third kappa shape index (κ3) is 3.78. The molecule has 0 saturated heterocycles. The number of amides is 1. The Balaban J connectivity index is 1.49. The molecule has 1 amide bonds. The van der Waals surface area contributed by atoms with Crippen LogP contribution in [0, 0.1) is 0 Å². The summed E-state index contributed by atoms with van der Waals surface area (Å²) in [6.45, 7) is 0. The first-order chi connectivity index (χ1) is 12.8. The van der Waals surface area contributed by atoms with E-state index in [1.807, 2.05) is 47.8 Å². The van der Waals surface area contributed by atoms with E-state index in [1.165, 1.54) is 23.3 Å². The first-order valence-corrected chi connectivity index (χ1v) is 9.91. The van der Waals surface area contributed by atoms with E-state index in [9.17, 15) is 4.79 Å². The Hall–Kier alpha value is -2.65. The van der Waals surface area contributed by atoms with Gasteiger partial charge in [0, 0.05) is 15.9 Å². The lowest BCUT2D eigenvalue weighted by atomic mass is 9.95. The zero-order valence-corrected chi connectivity index (χ0v) is 15.4. The largest absolute Gasteiger partial charge is 0.322 e. The van der Waals surface area contributed by atoms with Gasteiger partial charge in [0.05, 0.1) is 5.56 Å². The number of anilines is 1. The number of carbonyl (C=O) groups is 1. The quantitative estimate of drug-likeness (QED) is 0.565. The standard InChI is InChI=1S/C23H21NOS/c25-23(21-16-26-22-12-5-4-11-20(21)22)24-19-10-6-9-18(15-19)14-13-17-7-2-1-3-8-17/h1-3,6-10,13-16H,4-5,11-12H2,(H,24,25)/b14-13-. The normalized spacial score (nSPS) is 13.5. The molecule has 130 valence electrons. The summed E-state index contributed by atoms with van der Waals surface area (Å²) in [4.78, 5) is 14.1. The van der Waals surface area contributed by atoms with Gasteiger partial charge in [-0.25, -0.2) is 0 Å². The summed E-state index contributed by atoms with van der Waals surface area (Å²) in [6.07, 6.45) is 8.72. The van der Waals surface area contributed by atoms with Gasteiger partial charge in [0.1, 0.15) is 0 Å². The highest BCUT2D eigenvalue weighted by Gasteiger charge is 2.20. The zero-order chi connectivity index (χ0) is 17.8. The molecule has 4 rings (SSSR count). The van der Waals surface area contributed by atoms with Crippen molar-refractivity contribution in [2.45, 2.75) is 25.7 Å². The summed E-state index contributed by atoms with van der Waals surface area (Å²) >= 11 is 1.73. The van der Waals surface area contributed by atoms with Gasteiger partial charge >= 0.3 is 0 Å². The highest BCUT2D eigenvalue weighted by atomic mass is 32.1. The van der Waals surface area contributed by atoms with Gasteiger partial charge in [0.25, 0.3) is 5.91 Å². The smallest absolute Gasteiger partial charge is 0.256 e. The van der Waals surface area contributed by atoms with Gasteiger partial charge in [-0.05, 0) is 54.5 Å². The van der Waals surface area contributed by atoms with Gasteiger partial charge < -0.3 is 5.32 Å². The van der Waals surface area contributed by atoms with Gasteiger partial charge in [-0.1, -0.05) is 54.6 Å². The molecule has 1 N–H and O–H groups in total. The number of rotatable bonds is 4. The van der Waals surface area contributed by atoms with Crippen molar-refractivity contribution in [2.24, 2.45) is 0 Å². The summed E-state index contributed by atoms with van der Waals surface area (Å²) in [5, 5.41) is 5.09. The van der Waals surface area contributed by atoms with Gasteiger partial charge in [-0.2, -0.15) is 0 Å². The molecule has 2 aromatic carbocycles. The van der Waals surface area contributed by atoms with Crippen LogP contribution >= 0.6 is 11.3 Å². The molecule has 1 aromatic heterocycles. The molecule has 2 nitrogen and oxygen atoms in total. The minimum Gasteiger partial charge on any atom is -0.322 e. The molecule has 0 unspecified atom stereocenters. The van der Waals surface area contributed by atoms with Crippen molar-refractivity contribution < 1.29 is 4.79 Å². The van der Waals surface area contributed by atoms with Crippen LogP contribution in [0.5, 0.6) is 0 Å². The number of hydrogen-bond donors (Lipinski definition) is 1. The van der Waals surface area contributed by atoms with Crippen LogP contribution < -0.4 is 5.32 Å². The fourth-order valence-corrected chi connectivity index (χ4v) is 4.49. The monoisotopic (exact) mass is 359 g/mol. The molecule has 0 bridgehead atoms. The van der Waals surface area contributed by atoms with Gasteiger partial charge in [0.15, 0.2) is 0 Å². The van der Waals surface area contributed by atoms with E-state index in [0.717, 1.165) is 35.2 Å². The Kier molecular flexibility index (Phi) is 4.98. The third-order valence-electron chi connectivity index (χ3n) is 4.72. The number of hydrogen-bond acceptors (Lipinski definition) is 2. The second-order valence-electron chi connectivity index (χ2n) is 6.58. The molecule has 26 heavy (non-hydrogen) atoms. The van der Waals surface area contributed by atoms with Crippen LogP contribution in [-0.4, -0.2) is 5.91 Å². The van der Waals surface area contributed by atoms with Crippen molar-refractivity contribution in [1.82, 2.24) is 0 Å². The number of fused-ring (bicyclic) bond motifs is 1. The highest BCUT2D eigenvalue weighted by molar-refractivity contribution is 7.10. The van der Waals surface area contributed by atoms with E-state index in [2.05, 4.69) is 29.6 Å². The van der Waals surface area contributed by atoms with Crippen LogP contribution in [0.25, 0.3) is 12.2 Å². The number of carbonyl (C=O) groups excluding carboxylic acids is 1. The first kappa shape index (κ1) is 16.8. The number of benzene rings is 2. The maximum atomic E-state index is 12.7. The Morgan fingerprint density at radius 3 is 2.58 bits per heavy atom. The second-order valence-corrected chi connectivity index (χ2v) is 7.55. The van der Waals surface area contributed by atoms with Crippen molar-refractivity contribution in [3.8, 4) is 0 Å². The molecular weight excluding hydrogens is 338 g/mol. The molecule has 0 atom stereocenters. The van der Waals surface area contributed by atoms with Crippen LogP contribution in [0.2, 0.25) is 0 Å². The maximum absolute atomic E-state index is 12.7. The van der Waals surface area contributed by atoms with Crippen LogP contribution in [0.3, 0.4) is 0 Å². The SMILES string of the molecule is O=C(Nc1cccc(/C=C\c2ccccc2)c1)c1csc2c1CCCC2. The van der Waals surface area contributed by atoms with Crippen LogP contribution in [0.1, 0.15) is 44.8 Å². The molecule has 3 heteroatoms. The van der Waals surface area contributed by atoms with Crippen molar-refractivity contribution in [2.75, 3.05) is 5.32 Å². The average molecular weight is 359 g/mol. The topological polar surface area (TPSA) is 29.1 Å². The summed E-state index contributed by atoms with van der Waals surface area (Å²) < 4.78 is 0. The average Bonchev–Trinajstić information content (AvgIpc) is 3.12. The molecule has 1 heterocycles. The second kappa shape index (κ2) is 7.71. The van der Waals surface area contributed by atoms with E-state index in [0.29, 0.717) is 0 Å². The predicted octanol–water partition coefficient (Wildman–Crippen LogP) is 6.05. The van der Waals surface area contributed by atoms with Gasteiger partial charge in [-0.3, -0.25) is 4.79 Å². The highest BCUT2D eigenvalue weighted by Crippen LogP contribution is 2.30. The summed E-state index contributed by atoms with van der Waals surface area (Å²) in [5.74, 6) is 0.00795. The molecule has 1 aliphatic rings. The molecule has 0 fully saturated rings. The number of aryl methyl sites for hydroxylation is 1. The van der Waals surface area contributed by atoms with E-state index in [1.54, 1.807) is 11.3 Å². The lowest BCUT2D eigenvalue weighted by Gasteiger charge is -2.13. The van der Waals surface area contributed by atoms with Crippen molar-refractivity contribution in [3.63, 3.8) is 0 Å². The van der Waals surface area contributed by atoms with Crippen LogP contribution in [-0.2, 0) is 12.8 Å². The molecule has 0 radical (unpaired) electrons. The molecule has 0 saturated carbocycles. The molecule has 3 aromatic rings. The van der Waals surface area contributed by atoms with E-state index in [4.69, 9.17) is 0 Å². The van der Waals surface area contributed by atoms with Crippen molar-refractivity contribution in [1.29, 1.82) is 0 Å². The van der Waals surface area contributed by atoms with Gasteiger partial charge in [0.2, 0.25) is 0 Å². The van der Waals surface area contributed by atoms with Gasteiger partial charge in [-0.15, -0.1) is 11.3 Å². The lowest BCUT2D eigenvalue weighted by molar-refractivity contribution is 0.102. The summed E-state index contributed by atoms with van der Waals surface area (Å²) in [7, 11) is 0. The lowest BCUT2D eigenvalue weighted by Crippen LogP contribution is -2.14. The Morgan fingerprint density at radius 1 is 0.923 bits per heavy atom. The first-order valence-electron chi connectivity index (χ1n) is 9.03. The minimum atomic E-state index is 0.00795. The van der Waals surface area contributed by atoms with Crippen LogP contribution in [0.15, 0.2) is 60.0 Å². The van der Waals surface area contributed by atoms with E-state index < -0.39 is 0 Å². The summed E-state index contributed by atoms with van der Waals surface area (Å²) in [5.41, 5.74) is 5.18. The molecule has 0 aliphatic heterocycles. The van der Waals surface area contributed by atoms with E-state index >= 15 is 0 Å². The zero-order valence-electron chi connectivity index (χ0n) is 14.6. The number of thiophene rings is 1. The minimum absolute atomic E-state index is 0.00795. The predicted molar refractivity (Wildman–Crippen MR) is 111 cm³/mol. The molecule has 1 aliphatic carbocycles. The number of nitrogens with one attached hydrogen (secondary N) is 1. The molecule has 0 spiro atoms. The summed E-state index contributed by atoms with van der Waals surface area (Å²) in [6, 6.07) is 18.2. The van der Waals surface area contributed by atoms with E-state index in [-0.39, 0.29) is 5.91 Å².